The molecule has 0 aliphatic heterocycles. The fourth-order valence-electron chi connectivity index (χ4n) is 1.15. The van der Waals surface area contributed by atoms with Crippen LogP contribution < -0.4 is 10.6 Å². The van der Waals surface area contributed by atoms with Gasteiger partial charge in [-0.05, 0) is 24.3 Å². The monoisotopic (exact) mass is 332 g/mol. The van der Waals surface area contributed by atoms with Crippen LogP contribution in [0.2, 0.25) is 0 Å². The summed E-state index contributed by atoms with van der Waals surface area (Å²) >= 11 is 3.32. The number of amides is 2. The number of ether oxygens (including phenoxy) is 2. The largest absolute Gasteiger partial charge is 0.354 e. The Morgan fingerprint density at radius 1 is 1.21 bits per heavy atom. The molecule has 0 aliphatic rings. The smallest absolute Gasteiger partial charge is 0.319 e. The fourth-order valence-corrected chi connectivity index (χ4v) is 1.41. The second kappa shape index (κ2) is 10.8. The zero-order chi connectivity index (χ0) is 14.7. The van der Waals surface area contributed by atoms with Crippen molar-refractivity contribution >= 4 is 27.6 Å². The molecule has 2 N–H and O–H groups in total. The topological polar surface area (TPSA) is 59.6 Å². The molecular weight excluding hydrogens is 312 g/mol. The molecule has 0 fully saturated rings. The summed E-state index contributed by atoms with van der Waals surface area (Å²) in [6.07, 6.45) is -0.439. The van der Waals surface area contributed by atoms with Gasteiger partial charge in [0.15, 0.2) is 6.29 Å². The summed E-state index contributed by atoms with van der Waals surface area (Å²) in [5.74, 6) is 0. The number of carbonyl (C=O) groups is 1. The Hall–Kier alpha value is -1.11. The molecule has 0 spiro atoms. The predicted molar refractivity (Wildman–Crippen MR) is 80.3 cm³/mol. The summed E-state index contributed by atoms with van der Waals surface area (Å²) in [6.45, 7) is 4.29. The zero-order valence-electron chi connectivity index (χ0n) is 11.7. The van der Waals surface area contributed by atoms with Gasteiger partial charge in [-0.1, -0.05) is 29.8 Å². The number of anilines is 1. The van der Waals surface area contributed by atoms with Crippen LogP contribution in [0.25, 0.3) is 0 Å². The van der Waals surface area contributed by atoms with E-state index in [-0.39, 0.29) is 12.6 Å². The quantitative estimate of drug-likeness (QED) is 0.814. The third-order valence-corrected chi connectivity index (χ3v) is 2.59. The van der Waals surface area contributed by atoms with Crippen LogP contribution in [0, 0.1) is 0 Å². The molecule has 0 saturated heterocycles. The van der Waals surface area contributed by atoms with Crippen molar-refractivity contribution in [3.05, 3.63) is 28.7 Å². The van der Waals surface area contributed by atoms with Crippen molar-refractivity contribution in [2.45, 2.75) is 20.1 Å². The molecule has 1 rings (SSSR count). The molecule has 5 nitrogen and oxygen atoms in total. The Kier molecular flexibility index (Phi) is 10.1. The maximum atomic E-state index is 11.5. The number of hydrogen-bond donors (Lipinski definition) is 2. The first-order valence-electron chi connectivity index (χ1n) is 6.01. The molecule has 0 unspecified atom stereocenters. The minimum Gasteiger partial charge on any atom is -0.354 e. The molecule has 0 radical (unpaired) electrons. The van der Waals surface area contributed by atoms with Crippen LogP contribution in [0.4, 0.5) is 10.5 Å². The van der Waals surface area contributed by atoms with Gasteiger partial charge in [0.1, 0.15) is 0 Å². The predicted octanol–water partition coefficient (Wildman–Crippen LogP) is 3.22. The van der Waals surface area contributed by atoms with Crippen molar-refractivity contribution in [1.29, 1.82) is 0 Å². The molecular formula is C13H21BrN2O3. The molecule has 1 aromatic carbocycles. The first-order chi connectivity index (χ1) is 9.15. The highest BCUT2D eigenvalue weighted by Crippen LogP contribution is 2.13. The number of carbonyl (C=O) groups excluding carboxylic acids is 1. The summed E-state index contributed by atoms with van der Waals surface area (Å²) in [5.41, 5.74) is 0.720. The third-order valence-electron chi connectivity index (χ3n) is 2.06. The van der Waals surface area contributed by atoms with Crippen LogP contribution >= 0.6 is 15.9 Å². The van der Waals surface area contributed by atoms with Crippen molar-refractivity contribution in [3.63, 3.8) is 0 Å². The second-order valence-corrected chi connectivity index (χ2v) is 4.16. The van der Waals surface area contributed by atoms with Gasteiger partial charge in [-0.15, -0.1) is 0 Å². The van der Waals surface area contributed by atoms with Crippen LogP contribution in [0.3, 0.4) is 0 Å². The maximum absolute atomic E-state index is 11.5. The summed E-state index contributed by atoms with van der Waals surface area (Å²) in [4.78, 5) is 11.5. The Morgan fingerprint density at radius 3 is 2.21 bits per heavy atom. The Balaban J connectivity index is 0.00000154. The van der Waals surface area contributed by atoms with Gasteiger partial charge in [-0.3, -0.25) is 0 Å². The molecule has 6 heteroatoms. The van der Waals surface area contributed by atoms with Crippen LogP contribution in [-0.2, 0) is 9.47 Å². The molecule has 0 bridgehead atoms. The Morgan fingerprint density at radius 2 is 1.74 bits per heavy atom. The van der Waals surface area contributed by atoms with E-state index >= 15 is 0 Å². The highest BCUT2D eigenvalue weighted by atomic mass is 79.9. The summed E-state index contributed by atoms with van der Waals surface area (Å²) in [6, 6.07) is 7.00. The minimum atomic E-state index is -0.439. The van der Waals surface area contributed by atoms with Gasteiger partial charge >= 0.3 is 6.03 Å². The number of rotatable bonds is 5. The fraction of sp³-hybridized carbons (Fsp3) is 0.462. The molecule has 0 aromatic heterocycles. The van der Waals surface area contributed by atoms with Crippen LogP contribution in [0.5, 0.6) is 0 Å². The molecule has 0 atom stereocenters. The van der Waals surface area contributed by atoms with E-state index in [1.807, 2.05) is 26.0 Å². The highest BCUT2D eigenvalue weighted by molar-refractivity contribution is 9.10. The van der Waals surface area contributed by atoms with E-state index in [1.54, 1.807) is 12.1 Å². The average molecular weight is 333 g/mol. The molecule has 0 saturated carbocycles. The lowest BCUT2D eigenvalue weighted by atomic mass is 10.3. The molecule has 0 heterocycles. The van der Waals surface area contributed by atoms with Gasteiger partial charge < -0.3 is 20.1 Å². The van der Waals surface area contributed by atoms with E-state index in [0.717, 1.165) is 10.2 Å². The van der Waals surface area contributed by atoms with E-state index in [2.05, 4.69) is 26.6 Å². The van der Waals surface area contributed by atoms with E-state index in [0.29, 0.717) is 0 Å². The molecule has 108 valence electrons. The van der Waals surface area contributed by atoms with Crippen LogP contribution in [0.1, 0.15) is 13.8 Å². The van der Waals surface area contributed by atoms with E-state index < -0.39 is 6.29 Å². The summed E-state index contributed by atoms with van der Waals surface area (Å²) < 4.78 is 10.9. The number of halogens is 1. The SMILES string of the molecule is CC.COC(CNC(=O)Nc1ccc(Br)cc1)OC. The lowest BCUT2D eigenvalue weighted by Gasteiger charge is -2.14. The normalized spacial score (nSPS) is 9.58. The van der Waals surface area contributed by atoms with Crippen molar-refractivity contribution in [2.75, 3.05) is 26.1 Å². The van der Waals surface area contributed by atoms with Gasteiger partial charge in [0.25, 0.3) is 0 Å². The Bertz CT molecular complexity index is 353. The summed E-state index contributed by atoms with van der Waals surface area (Å²) in [7, 11) is 3.03. The van der Waals surface area contributed by atoms with E-state index in [9.17, 15) is 4.79 Å². The van der Waals surface area contributed by atoms with Crippen molar-refractivity contribution in [2.24, 2.45) is 0 Å². The van der Waals surface area contributed by atoms with Gasteiger partial charge in [0, 0.05) is 24.4 Å². The highest BCUT2D eigenvalue weighted by Gasteiger charge is 2.07. The number of methoxy groups -OCH3 is 2. The number of benzene rings is 1. The number of urea groups is 1. The lowest BCUT2D eigenvalue weighted by molar-refractivity contribution is -0.0970. The molecule has 2 amide bonds. The van der Waals surface area contributed by atoms with Gasteiger partial charge in [-0.2, -0.15) is 0 Å². The zero-order valence-corrected chi connectivity index (χ0v) is 13.3. The maximum Gasteiger partial charge on any atom is 0.319 e. The summed E-state index contributed by atoms with van der Waals surface area (Å²) in [5, 5.41) is 5.33. The first kappa shape index (κ1) is 17.9. The van der Waals surface area contributed by atoms with E-state index in [1.165, 1.54) is 14.2 Å². The Labute approximate surface area is 122 Å². The first-order valence-corrected chi connectivity index (χ1v) is 6.81. The van der Waals surface area contributed by atoms with Gasteiger partial charge in [-0.25, -0.2) is 4.79 Å². The second-order valence-electron chi connectivity index (χ2n) is 3.24. The minimum absolute atomic E-state index is 0.287. The molecule has 0 aliphatic carbocycles. The lowest BCUT2D eigenvalue weighted by Crippen LogP contribution is -2.36. The van der Waals surface area contributed by atoms with Crippen molar-refractivity contribution < 1.29 is 14.3 Å². The van der Waals surface area contributed by atoms with Crippen molar-refractivity contribution in [3.8, 4) is 0 Å². The van der Waals surface area contributed by atoms with Crippen molar-refractivity contribution in [1.82, 2.24) is 5.32 Å². The molecule has 19 heavy (non-hydrogen) atoms. The standard InChI is InChI=1S/C11H15BrN2O3.C2H6/c1-16-10(17-2)7-13-11(15)14-9-5-3-8(12)4-6-9;1-2/h3-6,10H,7H2,1-2H3,(H2,13,14,15);1-2H3. The van der Waals surface area contributed by atoms with Crippen LogP contribution in [0.15, 0.2) is 28.7 Å². The van der Waals surface area contributed by atoms with E-state index in [4.69, 9.17) is 9.47 Å². The van der Waals surface area contributed by atoms with Gasteiger partial charge in [0.05, 0.1) is 6.54 Å². The third kappa shape index (κ3) is 7.81. The number of hydrogen-bond acceptors (Lipinski definition) is 3. The molecule has 1 aromatic rings. The van der Waals surface area contributed by atoms with Gasteiger partial charge in [0.2, 0.25) is 0 Å². The average Bonchev–Trinajstić information content (AvgIpc) is 2.45. The van der Waals surface area contributed by atoms with Crippen LogP contribution in [-0.4, -0.2) is 33.1 Å². The number of nitrogens with one attached hydrogen (secondary N) is 2.